The Morgan fingerprint density at radius 3 is 1.50 bits per heavy atom. The van der Waals surface area contributed by atoms with Crippen molar-refractivity contribution in [1.29, 1.82) is 0 Å². The molecule has 6 rings (SSSR count). The van der Waals surface area contributed by atoms with E-state index in [2.05, 4.69) is 4.99 Å². The molecule has 0 heterocycles. The van der Waals surface area contributed by atoms with Gasteiger partial charge in [0.2, 0.25) is 0 Å². The molecular weight excluding hydrogens is 991 g/mol. The molecule has 0 saturated heterocycles. The number of aliphatic hydroxyl groups excluding tert-OH is 4. The lowest BCUT2D eigenvalue weighted by atomic mass is 9.78. The molecule has 24 heteroatoms. The van der Waals surface area contributed by atoms with Gasteiger partial charge in [0, 0.05) is 33.5 Å². The fourth-order valence-electron chi connectivity index (χ4n) is 9.01. The molecule has 0 radical (unpaired) electrons. The van der Waals surface area contributed by atoms with Gasteiger partial charge in [0.25, 0.3) is 20.2 Å². The molecule has 1 atom stereocenters. The summed E-state index contributed by atoms with van der Waals surface area (Å²) in [5.74, 6) is -4.01. The quantitative estimate of drug-likeness (QED) is 0.0114. The number of hydrogen-bond acceptors (Lipinski definition) is 22. The van der Waals surface area contributed by atoms with E-state index in [-0.39, 0.29) is 188 Å². The maximum atomic E-state index is 14.2. The highest BCUT2D eigenvalue weighted by Crippen LogP contribution is 2.56. The second-order valence-electron chi connectivity index (χ2n) is 16.5. The van der Waals surface area contributed by atoms with E-state index in [1.807, 2.05) is 0 Å². The number of methoxy groups -OCH3 is 1. The first-order valence-electron chi connectivity index (χ1n) is 23.1. The number of phenols is 2. The predicted molar refractivity (Wildman–Crippen MR) is 265 cm³/mol. The first-order chi connectivity index (χ1) is 34.6. The summed E-state index contributed by atoms with van der Waals surface area (Å²) in [7, 11) is -7.41. The van der Waals surface area contributed by atoms with Crippen molar-refractivity contribution in [2.24, 2.45) is 4.99 Å². The van der Waals surface area contributed by atoms with Gasteiger partial charge in [0.05, 0.1) is 143 Å². The van der Waals surface area contributed by atoms with E-state index in [1.165, 1.54) is 14.0 Å². The number of fused-ring (bicyclic) bond motifs is 1. The van der Waals surface area contributed by atoms with Gasteiger partial charge in [-0.05, 0) is 70.6 Å². The highest BCUT2D eigenvalue weighted by atomic mass is 32.2. The van der Waals surface area contributed by atoms with Crippen molar-refractivity contribution >= 4 is 75.1 Å². The maximum Gasteiger partial charge on any atom is 0.287 e. The van der Waals surface area contributed by atoms with E-state index in [1.54, 1.807) is 13.0 Å². The molecule has 1 unspecified atom stereocenters. The van der Waals surface area contributed by atoms with Crippen LogP contribution in [0.4, 0.5) is 0 Å². The summed E-state index contributed by atoms with van der Waals surface area (Å²) < 4.78 is 101. The summed E-state index contributed by atoms with van der Waals surface area (Å²) in [6.07, 6.45) is 1.19. The molecule has 5 aromatic rings. The Kier molecular flexibility index (Phi) is 20.4. The summed E-state index contributed by atoms with van der Waals surface area (Å²) in [5, 5.41) is 63.9. The van der Waals surface area contributed by atoms with Crippen LogP contribution in [0.1, 0.15) is 47.6 Å². The Bertz CT molecular complexity index is 3090. The van der Waals surface area contributed by atoms with Crippen molar-refractivity contribution in [3.05, 3.63) is 66.0 Å². The molecule has 0 aromatic heterocycles. The first-order valence-corrected chi connectivity index (χ1v) is 26.2. The number of aromatic hydroxyl groups is 2. The van der Waals surface area contributed by atoms with E-state index in [4.69, 9.17) is 51.7 Å². The Labute approximate surface area is 414 Å². The third-order valence-corrected chi connectivity index (χ3v) is 14.1. The van der Waals surface area contributed by atoms with E-state index in [0.717, 1.165) is 12.1 Å². The average molecular weight is 1050 g/mol. The Morgan fingerprint density at radius 1 is 0.583 bits per heavy atom. The Morgan fingerprint density at radius 2 is 1.03 bits per heavy atom. The largest absolute Gasteiger partial charge is 0.507 e. The molecule has 1 aliphatic rings. The zero-order valence-electron chi connectivity index (χ0n) is 40.2. The number of benzene rings is 5. The van der Waals surface area contributed by atoms with Crippen molar-refractivity contribution in [2.45, 2.75) is 39.4 Å². The molecule has 5 aromatic carbocycles. The van der Waals surface area contributed by atoms with Gasteiger partial charge in [-0.15, -0.1) is 0 Å². The SMILES string of the molecule is COc1c(O)c2c(=O)cc(CO)c3c4c(CO)cc(=O)c5c(O)c(CCS(=O)(=O)OCCOCCOCCOCCO)c6c(c(c1C(C(C)=NCS(=O)(=O)OCCOCCOCCOCCO)C(C)=C6)c23)c54. The first kappa shape index (κ1) is 56.5. The lowest BCUT2D eigenvalue weighted by molar-refractivity contribution is 0.00389. The number of aliphatic imine (C=N–C) groups is 1. The van der Waals surface area contributed by atoms with Gasteiger partial charge in [-0.2, -0.15) is 16.8 Å². The zero-order valence-corrected chi connectivity index (χ0v) is 41.9. The predicted octanol–water partition coefficient (Wildman–Crippen LogP) is 1.54. The van der Waals surface area contributed by atoms with Gasteiger partial charge in [-0.3, -0.25) is 22.9 Å². The monoisotopic (exact) mass is 1050 g/mol. The van der Waals surface area contributed by atoms with Crippen LogP contribution in [0.15, 0.2) is 32.3 Å². The summed E-state index contributed by atoms with van der Waals surface area (Å²) in [5.41, 5.74) is -0.412. The van der Waals surface area contributed by atoms with E-state index < -0.39 is 79.8 Å². The normalized spacial score (nSPS) is 14.5. The molecule has 72 heavy (non-hydrogen) atoms. The van der Waals surface area contributed by atoms with Crippen LogP contribution in [0, 0.1) is 0 Å². The molecule has 0 bridgehead atoms. The highest BCUT2D eigenvalue weighted by Gasteiger charge is 2.37. The third-order valence-electron chi connectivity index (χ3n) is 11.9. The van der Waals surface area contributed by atoms with Crippen molar-refractivity contribution in [3.63, 3.8) is 0 Å². The van der Waals surface area contributed by atoms with Crippen LogP contribution in [0.3, 0.4) is 0 Å². The molecule has 0 amide bonds. The number of phenolic OH excluding ortho intramolecular Hbond substituents is 2. The second kappa shape index (κ2) is 25.9. The topological polar surface area (TPSA) is 319 Å². The number of rotatable bonds is 33. The molecule has 22 nitrogen and oxygen atoms in total. The molecule has 0 fully saturated rings. The standard InChI is InChI=1S/C48H61NO21S2/c1-28-22-33-32(4-21-71(58,59)69-19-17-67-15-13-65-11-9-63-7-5-50)46(56)40-34(54)23-30(25-52)37-38-31(26-53)24-35(55)41-43(38)44(39(33)42(37)40)45(48(62-3)47(41)57)36(28)29(2)49-27-72(60,61)70-20-18-68-16-14-66-12-10-64-8-6-51/h22-24,36,50-53,56-57H,4-21,25-27H2,1-3H3. The third kappa shape index (κ3) is 12.8. The maximum absolute atomic E-state index is 14.2. The molecule has 0 spiro atoms. The molecule has 0 aliphatic heterocycles. The van der Waals surface area contributed by atoms with E-state index in [0.29, 0.717) is 5.57 Å². The van der Waals surface area contributed by atoms with E-state index >= 15 is 0 Å². The lowest BCUT2D eigenvalue weighted by Gasteiger charge is -2.26. The van der Waals surface area contributed by atoms with Crippen LogP contribution < -0.4 is 15.6 Å². The summed E-state index contributed by atoms with van der Waals surface area (Å²) >= 11 is 0. The van der Waals surface area contributed by atoms with Crippen molar-refractivity contribution in [2.75, 3.05) is 124 Å². The van der Waals surface area contributed by atoms with Gasteiger partial charge in [-0.25, -0.2) is 0 Å². The molecule has 6 N–H and O–H groups in total. The highest BCUT2D eigenvalue weighted by molar-refractivity contribution is 7.86. The molecule has 396 valence electrons. The van der Waals surface area contributed by atoms with Crippen LogP contribution in [0.2, 0.25) is 0 Å². The summed E-state index contributed by atoms with van der Waals surface area (Å²) in [6, 6.07) is 2.23. The summed E-state index contributed by atoms with van der Waals surface area (Å²) in [6.45, 7) is 2.81. The van der Waals surface area contributed by atoms with Crippen LogP contribution in [-0.2, 0) is 76.7 Å². The smallest absolute Gasteiger partial charge is 0.287 e. The summed E-state index contributed by atoms with van der Waals surface area (Å²) in [4.78, 5) is 32.8. The Balaban J connectivity index is 1.41. The fraction of sp³-hybridized carbons (Fsp3) is 0.521. The number of hydrogen-bond donors (Lipinski definition) is 6. The van der Waals surface area contributed by atoms with Gasteiger partial charge in [-0.1, -0.05) is 11.6 Å². The molecule has 1 aliphatic carbocycles. The minimum absolute atomic E-state index is 0.0116. The van der Waals surface area contributed by atoms with Crippen molar-refractivity contribution in [1.82, 2.24) is 0 Å². The van der Waals surface area contributed by atoms with Crippen LogP contribution in [0.25, 0.3) is 49.2 Å². The van der Waals surface area contributed by atoms with E-state index in [9.17, 15) is 46.9 Å². The van der Waals surface area contributed by atoms with Gasteiger partial charge < -0.3 is 63.8 Å². The van der Waals surface area contributed by atoms with Crippen LogP contribution >= 0.6 is 0 Å². The van der Waals surface area contributed by atoms with Crippen LogP contribution in [0.5, 0.6) is 17.2 Å². The average Bonchev–Trinajstić information content (AvgIpc) is 3.47. The molecular formula is C48H61NO21S2. The zero-order chi connectivity index (χ0) is 52.2. The minimum Gasteiger partial charge on any atom is -0.507 e. The van der Waals surface area contributed by atoms with Gasteiger partial charge >= 0.3 is 0 Å². The van der Waals surface area contributed by atoms with Gasteiger partial charge in [0.1, 0.15) is 5.75 Å². The number of nitrogens with zero attached hydrogens (tertiary/aromatic N) is 1. The van der Waals surface area contributed by atoms with Crippen LogP contribution in [-0.4, -0.2) is 178 Å². The number of aliphatic hydroxyl groups is 4. The van der Waals surface area contributed by atoms with Crippen molar-refractivity contribution in [3.8, 4) is 17.2 Å². The minimum atomic E-state index is -4.34. The fourth-order valence-corrected chi connectivity index (χ4v) is 10.7. The van der Waals surface area contributed by atoms with Crippen molar-refractivity contribution < 1.29 is 89.0 Å². The Hall–Kier alpha value is -4.77. The van der Waals surface area contributed by atoms with Gasteiger partial charge in [0.15, 0.2) is 28.2 Å². The lowest BCUT2D eigenvalue weighted by Crippen LogP contribution is -2.18. The molecule has 0 saturated carbocycles. The second-order valence-corrected chi connectivity index (χ2v) is 19.9. The number of allylic oxidation sites excluding steroid dienone is 1. The number of ether oxygens (including phenoxy) is 7.